The smallest absolute Gasteiger partial charge is 0.263 e. The predicted octanol–water partition coefficient (Wildman–Crippen LogP) is 3.29. The van der Waals surface area contributed by atoms with Gasteiger partial charge < -0.3 is 5.32 Å². The lowest BCUT2D eigenvalue weighted by Gasteiger charge is -2.28. The van der Waals surface area contributed by atoms with Gasteiger partial charge in [0.05, 0.1) is 16.8 Å². The summed E-state index contributed by atoms with van der Waals surface area (Å²) in [5.41, 5.74) is 2.45. The van der Waals surface area contributed by atoms with E-state index in [4.69, 9.17) is 0 Å². The van der Waals surface area contributed by atoms with Gasteiger partial charge in [0, 0.05) is 11.9 Å². The Morgan fingerprint density at radius 2 is 1.56 bits per heavy atom. The number of hydrogen-bond donors (Lipinski definition) is 2. The van der Waals surface area contributed by atoms with Crippen molar-refractivity contribution in [3.63, 3.8) is 0 Å². The molecule has 11 heteroatoms. The van der Waals surface area contributed by atoms with Crippen LogP contribution in [-0.2, 0) is 24.8 Å². The van der Waals surface area contributed by atoms with E-state index in [9.17, 15) is 21.6 Å². The SMILES string of the molecule is Cc1cc(C)cc(N([C@@H](C)C(=O)Nc2ccc(S(=O)(=O)Nc3ccccn3)cc2)S(C)(=O)=O)c1. The number of carbonyl (C=O) groups excluding carboxylic acids is 1. The van der Waals surface area contributed by atoms with E-state index in [0.29, 0.717) is 11.4 Å². The highest BCUT2D eigenvalue weighted by molar-refractivity contribution is 7.92. The number of rotatable bonds is 8. The number of nitrogens with one attached hydrogen (secondary N) is 2. The van der Waals surface area contributed by atoms with Crippen LogP contribution in [0.5, 0.6) is 0 Å². The minimum atomic E-state index is -3.86. The Balaban J connectivity index is 1.78. The summed E-state index contributed by atoms with van der Waals surface area (Å²) >= 11 is 0. The van der Waals surface area contributed by atoms with Crippen molar-refractivity contribution in [3.8, 4) is 0 Å². The topological polar surface area (TPSA) is 126 Å². The van der Waals surface area contributed by atoms with E-state index in [2.05, 4.69) is 15.0 Å². The second-order valence-corrected chi connectivity index (χ2v) is 11.5. The molecule has 0 fully saturated rings. The Morgan fingerprint density at radius 3 is 2.09 bits per heavy atom. The lowest BCUT2D eigenvalue weighted by molar-refractivity contribution is -0.116. The molecule has 180 valence electrons. The summed E-state index contributed by atoms with van der Waals surface area (Å²) < 4.78 is 53.6. The van der Waals surface area contributed by atoms with E-state index in [1.165, 1.54) is 43.5 Å². The largest absolute Gasteiger partial charge is 0.324 e. The van der Waals surface area contributed by atoms with Crippen LogP contribution in [0.4, 0.5) is 17.2 Å². The molecular formula is C23H26N4O5S2. The Labute approximate surface area is 199 Å². The number of amides is 1. The molecule has 1 aromatic heterocycles. The molecule has 0 saturated carbocycles. The molecular weight excluding hydrogens is 476 g/mol. The third-order valence-electron chi connectivity index (χ3n) is 4.89. The van der Waals surface area contributed by atoms with Crippen LogP contribution < -0.4 is 14.3 Å². The van der Waals surface area contributed by atoms with Crippen molar-refractivity contribution in [2.45, 2.75) is 31.7 Å². The fourth-order valence-electron chi connectivity index (χ4n) is 3.47. The van der Waals surface area contributed by atoms with E-state index in [1.54, 1.807) is 24.3 Å². The Morgan fingerprint density at radius 1 is 0.941 bits per heavy atom. The second-order valence-electron chi connectivity index (χ2n) is 7.91. The molecule has 2 aromatic carbocycles. The minimum absolute atomic E-state index is 0.0165. The Bertz CT molecular complexity index is 1370. The van der Waals surface area contributed by atoms with Crippen molar-refractivity contribution in [2.75, 3.05) is 20.6 Å². The van der Waals surface area contributed by atoms with E-state index >= 15 is 0 Å². The Kier molecular flexibility index (Phi) is 7.27. The van der Waals surface area contributed by atoms with Gasteiger partial charge in [0.15, 0.2) is 0 Å². The van der Waals surface area contributed by atoms with Crippen LogP contribution >= 0.6 is 0 Å². The summed E-state index contributed by atoms with van der Waals surface area (Å²) in [6.07, 6.45) is 2.51. The van der Waals surface area contributed by atoms with Crippen molar-refractivity contribution in [1.29, 1.82) is 0 Å². The number of carbonyl (C=O) groups is 1. The van der Waals surface area contributed by atoms with E-state index in [0.717, 1.165) is 21.7 Å². The van der Waals surface area contributed by atoms with E-state index in [1.807, 2.05) is 19.9 Å². The standard InChI is InChI=1S/C23H26N4O5S2/c1-16-13-17(2)15-20(14-16)27(33(4,29)30)18(3)23(28)25-19-8-10-21(11-9-19)34(31,32)26-22-7-5-6-12-24-22/h5-15,18H,1-4H3,(H,24,26)(H,25,28)/t18-/m0/s1. The molecule has 34 heavy (non-hydrogen) atoms. The average Bonchev–Trinajstić information content (AvgIpc) is 2.73. The molecule has 1 atom stereocenters. The maximum absolute atomic E-state index is 12.9. The number of sulfonamides is 2. The first-order valence-corrected chi connectivity index (χ1v) is 13.6. The zero-order valence-corrected chi connectivity index (χ0v) is 20.8. The quantitative estimate of drug-likeness (QED) is 0.487. The third-order valence-corrected chi connectivity index (χ3v) is 7.50. The van der Waals surface area contributed by atoms with Crippen molar-refractivity contribution < 1.29 is 21.6 Å². The van der Waals surface area contributed by atoms with Gasteiger partial charge in [-0.15, -0.1) is 0 Å². The van der Waals surface area contributed by atoms with Gasteiger partial charge in [-0.25, -0.2) is 21.8 Å². The summed E-state index contributed by atoms with van der Waals surface area (Å²) in [6, 6.07) is 14.6. The summed E-state index contributed by atoms with van der Waals surface area (Å²) in [4.78, 5) is 16.8. The molecule has 3 aromatic rings. The third kappa shape index (κ3) is 6.12. The average molecular weight is 503 g/mol. The van der Waals surface area contributed by atoms with Crippen LogP contribution in [-0.4, -0.2) is 40.0 Å². The van der Waals surface area contributed by atoms with Gasteiger partial charge >= 0.3 is 0 Å². The maximum atomic E-state index is 12.9. The highest BCUT2D eigenvalue weighted by atomic mass is 32.2. The molecule has 0 radical (unpaired) electrons. The molecule has 0 aliphatic rings. The first-order valence-electron chi connectivity index (χ1n) is 10.3. The van der Waals surface area contributed by atoms with Crippen LogP contribution in [0.3, 0.4) is 0 Å². The van der Waals surface area contributed by atoms with Crippen molar-refractivity contribution >= 4 is 43.1 Å². The van der Waals surface area contributed by atoms with Gasteiger partial charge in [0.2, 0.25) is 15.9 Å². The van der Waals surface area contributed by atoms with E-state index < -0.39 is 32.0 Å². The van der Waals surface area contributed by atoms with Crippen molar-refractivity contribution in [1.82, 2.24) is 4.98 Å². The number of benzene rings is 2. The number of anilines is 3. The van der Waals surface area contributed by atoms with Crippen molar-refractivity contribution in [3.05, 3.63) is 78.0 Å². The molecule has 9 nitrogen and oxygen atoms in total. The summed E-state index contributed by atoms with van der Waals surface area (Å²) in [5, 5.41) is 2.65. The fourth-order valence-corrected chi connectivity index (χ4v) is 5.64. The highest BCUT2D eigenvalue weighted by Crippen LogP contribution is 2.25. The van der Waals surface area contributed by atoms with Gasteiger partial charge in [0.25, 0.3) is 10.0 Å². The van der Waals surface area contributed by atoms with Crippen LogP contribution in [0.25, 0.3) is 0 Å². The lowest BCUT2D eigenvalue weighted by Crippen LogP contribution is -2.45. The minimum Gasteiger partial charge on any atom is -0.324 e. The first kappa shape index (κ1) is 25.2. The zero-order chi connectivity index (χ0) is 25.1. The molecule has 1 amide bonds. The van der Waals surface area contributed by atoms with Gasteiger partial charge in [-0.2, -0.15) is 0 Å². The predicted molar refractivity (Wildman–Crippen MR) is 133 cm³/mol. The Hall–Kier alpha value is -3.44. The second kappa shape index (κ2) is 9.82. The molecule has 0 aliphatic carbocycles. The van der Waals surface area contributed by atoms with Gasteiger partial charge in [-0.3, -0.25) is 13.8 Å². The molecule has 0 unspecified atom stereocenters. The normalized spacial score (nSPS) is 12.6. The molecule has 2 N–H and O–H groups in total. The van der Waals surface area contributed by atoms with Crippen LogP contribution in [0.2, 0.25) is 0 Å². The number of aromatic nitrogens is 1. The zero-order valence-electron chi connectivity index (χ0n) is 19.2. The van der Waals surface area contributed by atoms with Gasteiger partial charge in [0.1, 0.15) is 11.9 Å². The summed E-state index contributed by atoms with van der Waals surface area (Å²) in [7, 11) is -7.63. The monoisotopic (exact) mass is 502 g/mol. The van der Waals surface area contributed by atoms with Crippen molar-refractivity contribution in [2.24, 2.45) is 0 Å². The van der Waals surface area contributed by atoms with Crippen LogP contribution in [0.15, 0.2) is 71.8 Å². The maximum Gasteiger partial charge on any atom is 0.263 e. The first-order chi connectivity index (χ1) is 15.9. The molecule has 0 spiro atoms. The molecule has 0 aliphatic heterocycles. The molecule has 0 bridgehead atoms. The number of hydrogen-bond acceptors (Lipinski definition) is 6. The van der Waals surface area contributed by atoms with Crippen LogP contribution in [0.1, 0.15) is 18.1 Å². The number of pyridine rings is 1. The van der Waals surface area contributed by atoms with Gasteiger partial charge in [-0.05, 0) is 80.4 Å². The fraction of sp³-hybridized carbons (Fsp3) is 0.217. The molecule has 1 heterocycles. The molecule has 3 rings (SSSR count). The number of nitrogens with zero attached hydrogens (tertiary/aromatic N) is 2. The molecule has 0 saturated heterocycles. The van der Waals surface area contributed by atoms with E-state index in [-0.39, 0.29) is 10.7 Å². The van der Waals surface area contributed by atoms with Gasteiger partial charge in [-0.1, -0.05) is 12.1 Å². The summed E-state index contributed by atoms with van der Waals surface area (Å²) in [5.74, 6) is -0.382. The number of aryl methyl sites for hydroxylation is 2. The highest BCUT2D eigenvalue weighted by Gasteiger charge is 2.29. The van der Waals surface area contributed by atoms with Crippen LogP contribution in [0, 0.1) is 13.8 Å². The summed E-state index contributed by atoms with van der Waals surface area (Å²) in [6.45, 7) is 5.18. The lowest BCUT2D eigenvalue weighted by atomic mass is 10.1.